The summed E-state index contributed by atoms with van der Waals surface area (Å²) in [5.41, 5.74) is 1.38. The first kappa shape index (κ1) is 22.6. The molecule has 0 saturated carbocycles. The number of thiazole rings is 1. The maximum Gasteiger partial charge on any atom is 0.262 e. The summed E-state index contributed by atoms with van der Waals surface area (Å²) in [5.74, 6) is 0.408. The van der Waals surface area contributed by atoms with Crippen LogP contribution in [-0.4, -0.2) is 40.1 Å². The van der Waals surface area contributed by atoms with Gasteiger partial charge in [0.2, 0.25) is 0 Å². The van der Waals surface area contributed by atoms with Crippen LogP contribution in [0.3, 0.4) is 0 Å². The second-order valence-electron chi connectivity index (χ2n) is 7.92. The second kappa shape index (κ2) is 10.00. The van der Waals surface area contributed by atoms with Crippen LogP contribution in [0.4, 0.5) is 15.9 Å². The van der Waals surface area contributed by atoms with Crippen molar-refractivity contribution in [1.29, 1.82) is 0 Å². The number of aryl methyl sites for hydroxylation is 1. The van der Waals surface area contributed by atoms with Crippen LogP contribution in [0.5, 0.6) is 5.75 Å². The summed E-state index contributed by atoms with van der Waals surface area (Å²) in [7, 11) is 0. The fraction of sp³-hybridized carbons (Fsp3) is 0.304. The molecular formula is C23H23FN6O2S2. The van der Waals surface area contributed by atoms with Crippen molar-refractivity contribution in [2.45, 2.75) is 32.4 Å². The van der Waals surface area contributed by atoms with E-state index in [1.807, 2.05) is 12.3 Å². The quantitative estimate of drug-likeness (QED) is 0.347. The Morgan fingerprint density at radius 3 is 3.03 bits per heavy atom. The largest absolute Gasteiger partial charge is 0.487 e. The standard InChI is InChI=1S/C23H23FN6O2S2/c1-13-19-21(30-16-5-4-14(24)9-17(16)32-15-3-2-6-25-10-15)28-12-29-23(19)34-20(13)22(31)27-11-18-26-7-8-33-18/h4-5,7-9,12,15,25H,2-3,6,10-11H2,1H3,(H,27,31)(H,28,29,30). The summed E-state index contributed by atoms with van der Waals surface area (Å²) in [6.45, 7) is 3.93. The lowest BCUT2D eigenvalue weighted by molar-refractivity contribution is 0.0954. The molecule has 1 saturated heterocycles. The minimum Gasteiger partial charge on any atom is -0.487 e. The fourth-order valence-corrected chi connectivity index (χ4v) is 5.50. The first-order chi connectivity index (χ1) is 16.6. The highest BCUT2D eigenvalue weighted by Gasteiger charge is 2.21. The molecule has 11 heteroatoms. The van der Waals surface area contributed by atoms with Crippen molar-refractivity contribution < 1.29 is 13.9 Å². The molecule has 1 aliphatic heterocycles. The van der Waals surface area contributed by atoms with Crippen molar-refractivity contribution in [1.82, 2.24) is 25.6 Å². The molecular weight excluding hydrogens is 475 g/mol. The smallest absolute Gasteiger partial charge is 0.262 e. The number of hydrogen-bond donors (Lipinski definition) is 3. The molecule has 0 spiro atoms. The van der Waals surface area contributed by atoms with E-state index in [0.717, 1.165) is 41.9 Å². The molecule has 8 nitrogen and oxygen atoms in total. The Hall–Kier alpha value is -3.15. The van der Waals surface area contributed by atoms with Gasteiger partial charge in [-0.3, -0.25) is 4.79 Å². The van der Waals surface area contributed by atoms with Crippen LogP contribution in [-0.2, 0) is 6.54 Å². The van der Waals surface area contributed by atoms with E-state index in [1.54, 1.807) is 12.3 Å². The molecule has 4 aromatic rings. The first-order valence-electron chi connectivity index (χ1n) is 10.9. The number of piperidine rings is 1. The number of thiophene rings is 1. The van der Waals surface area contributed by atoms with Crippen LogP contribution in [0, 0.1) is 12.7 Å². The molecule has 1 amide bonds. The minimum absolute atomic E-state index is 0.0301. The number of hydrogen-bond acceptors (Lipinski definition) is 9. The number of anilines is 2. The average molecular weight is 499 g/mol. The highest BCUT2D eigenvalue weighted by molar-refractivity contribution is 7.20. The van der Waals surface area contributed by atoms with E-state index >= 15 is 0 Å². The monoisotopic (exact) mass is 498 g/mol. The third-order valence-electron chi connectivity index (χ3n) is 5.56. The SMILES string of the molecule is Cc1c(C(=O)NCc2nccs2)sc2ncnc(Nc3ccc(F)cc3OC3CCCNC3)c12. The van der Waals surface area contributed by atoms with Gasteiger partial charge in [-0.25, -0.2) is 19.3 Å². The average Bonchev–Trinajstić information content (AvgIpc) is 3.48. The lowest BCUT2D eigenvalue weighted by Gasteiger charge is -2.25. The lowest BCUT2D eigenvalue weighted by atomic mass is 10.1. The summed E-state index contributed by atoms with van der Waals surface area (Å²) in [6.07, 6.45) is 5.05. The number of carbonyl (C=O) groups is 1. The zero-order valence-corrected chi connectivity index (χ0v) is 20.1. The van der Waals surface area contributed by atoms with E-state index in [9.17, 15) is 9.18 Å². The maximum absolute atomic E-state index is 14.0. The number of nitrogens with one attached hydrogen (secondary N) is 3. The molecule has 176 valence electrons. The Labute approximate surface area is 203 Å². The van der Waals surface area contributed by atoms with E-state index in [4.69, 9.17) is 4.74 Å². The molecule has 3 N–H and O–H groups in total. The zero-order chi connectivity index (χ0) is 23.5. The molecule has 4 heterocycles. The predicted molar refractivity (Wildman–Crippen MR) is 132 cm³/mol. The van der Waals surface area contributed by atoms with E-state index < -0.39 is 0 Å². The number of fused-ring (bicyclic) bond motifs is 1. The third kappa shape index (κ3) is 4.86. The fourth-order valence-electron chi connectivity index (χ4n) is 3.88. The zero-order valence-electron chi connectivity index (χ0n) is 18.4. The topological polar surface area (TPSA) is 101 Å². The molecule has 0 aliphatic carbocycles. The van der Waals surface area contributed by atoms with Crippen LogP contribution >= 0.6 is 22.7 Å². The molecule has 1 aliphatic rings. The van der Waals surface area contributed by atoms with Gasteiger partial charge in [0.15, 0.2) is 0 Å². The molecule has 5 rings (SSSR count). The number of nitrogens with zero attached hydrogens (tertiary/aromatic N) is 3. The lowest BCUT2D eigenvalue weighted by Crippen LogP contribution is -2.37. The highest BCUT2D eigenvalue weighted by Crippen LogP contribution is 2.37. The molecule has 1 unspecified atom stereocenters. The van der Waals surface area contributed by atoms with E-state index in [1.165, 1.54) is 41.1 Å². The predicted octanol–water partition coefficient (Wildman–Crippen LogP) is 4.40. The first-order valence-corrected chi connectivity index (χ1v) is 12.6. The number of ether oxygens (including phenoxy) is 1. The Balaban J connectivity index is 1.42. The number of carbonyl (C=O) groups excluding carboxylic acids is 1. The highest BCUT2D eigenvalue weighted by atomic mass is 32.1. The van der Waals surface area contributed by atoms with Crippen LogP contribution in [0.2, 0.25) is 0 Å². The summed E-state index contributed by atoms with van der Waals surface area (Å²) in [6, 6.07) is 4.40. The Morgan fingerprint density at radius 2 is 2.24 bits per heavy atom. The minimum atomic E-state index is -0.372. The normalized spacial score (nSPS) is 15.9. The molecule has 3 aromatic heterocycles. The van der Waals surface area contributed by atoms with Crippen LogP contribution in [0.25, 0.3) is 10.2 Å². The Kier molecular flexibility index (Phi) is 6.66. The molecule has 0 bridgehead atoms. The number of benzene rings is 1. The second-order valence-corrected chi connectivity index (χ2v) is 9.90. The van der Waals surface area contributed by atoms with Gasteiger partial charge in [-0.15, -0.1) is 22.7 Å². The van der Waals surface area contributed by atoms with Crippen LogP contribution in [0.1, 0.15) is 33.1 Å². The van der Waals surface area contributed by atoms with Gasteiger partial charge < -0.3 is 20.7 Å². The third-order valence-corrected chi connectivity index (χ3v) is 7.54. The van der Waals surface area contributed by atoms with E-state index in [0.29, 0.717) is 33.5 Å². The number of halogens is 1. The Bertz CT molecular complexity index is 1300. The van der Waals surface area contributed by atoms with Crippen molar-refractivity contribution in [3.63, 3.8) is 0 Å². The van der Waals surface area contributed by atoms with Crippen molar-refractivity contribution in [3.8, 4) is 5.75 Å². The van der Waals surface area contributed by atoms with Gasteiger partial charge in [0, 0.05) is 24.2 Å². The number of aromatic nitrogens is 3. The van der Waals surface area contributed by atoms with Crippen LogP contribution in [0.15, 0.2) is 36.1 Å². The maximum atomic E-state index is 14.0. The summed E-state index contributed by atoms with van der Waals surface area (Å²) >= 11 is 2.80. The molecule has 1 aromatic carbocycles. The summed E-state index contributed by atoms with van der Waals surface area (Å²) in [5, 5.41) is 13.0. The van der Waals surface area contributed by atoms with Gasteiger partial charge in [-0.2, -0.15) is 0 Å². The summed E-state index contributed by atoms with van der Waals surface area (Å²) in [4.78, 5) is 27.1. The van der Waals surface area contributed by atoms with E-state index in [-0.39, 0.29) is 17.8 Å². The molecule has 0 radical (unpaired) electrons. The van der Waals surface area contributed by atoms with Crippen molar-refractivity contribution >= 4 is 50.3 Å². The Morgan fingerprint density at radius 1 is 1.32 bits per heavy atom. The van der Waals surface area contributed by atoms with Gasteiger partial charge >= 0.3 is 0 Å². The van der Waals surface area contributed by atoms with Crippen LogP contribution < -0.4 is 20.7 Å². The summed E-state index contributed by atoms with van der Waals surface area (Å²) < 4.78 is 20.1. The number of amides is 1. The van der Waals surface area contributed by atoms with Crippen molar-refractivity contribution in [3.05, 3.63) is 57.4 Å². The number of rotatable bonds is 7. The van der Waals surface area contributed by atoms with Crippen molar-refractivity contribution in [2.75, 3.05) is 18.4 Å². The van der Waals surface area contributed by atoms with Gasteiger partial charge in [0.05, 0.1) is 22.5 Å². The van der Waals surface area contributed by atoms with Crippen molar-refractivity contribution in [2.24, 2.45) is 0 Å². The van der Waals surface area contributed by atoms with Gasteiger partial charge in [0.25, 0.3) is 5.91 Å². The van der Waals surface area contributed by atoms with Gasteiger partial charge in [-0.1, -0.05) is 0 Å². The molecule has 1 fully saturated rings. The molecule has 34 heavy (non-hydrogen) atoms. The van der Waals surface area contributed by atoms with Gasteiger partial charge in [0.1, 0.15) is 39.7 Å². The van der Waals surface area contributed by atoms with Gasteiger partial charge in [-0.05, 0) is 44.0 Å². The van der Waals surface area contributed by atoms with E-state index in [2.05, 4.69) is 30.9 Å². The molecule has 1 atom stereocenters.